The van der Waals surface area contributed by atoms with E-state index in [4.69, 9.17) is 0 Å². The van der Waals surface area contributed by atoms with Gasteiger partial charge in [-0.2, -0.15) is 5.10 Å². The fourth-order valence-electron chi connectivity index (χ4n) is 3.21. The number of aromatic nitrogens is 2. The van der Waals surface area contributed by atoms with Gasteiger partial charge >= 0.3 is 0 Å². The maximum atomic E-state index is 12.7. The molecule has 2 fully saturated rings. The van der Waals surface area contributed by atoms with Crippen LogP contribution in [0.1, 0.15) is 36.0 Å². The van der Waals surface area contributed by atoms with Gasteiger partial charge in [0, 0.05) is 30.4 Å². The molecule has 0 spiro atoms. The Morgan fingerprint density at radius 1 is 1.17 bits per heavy atom. The number of benzene rings is 1. The Morgan fingerprint density at radius 2 is 1.96 bits per heavy atom. The summed E-state index contributed by atoms with van der Waals surface area (Å²) >= 11 is 0. The minimum atomic E-state index is 0.0341. The van der Waals surface area contributed by atoms with Crippen molar-refractivity contribution in [3.63, 3.8) is 0 Å². The van der Waals surface area contributed by atoms with E-state index in [1.165, 1.54) is 0 Å². The highest BCUT2D eigenvalue weighted by Crippen LogP contribution is 2.29. The number of carbonyl (C=O) groups excluding carboxylic acids is 2. The predicted octanol–water partition coefficient (Wildman–Crippen LogP) is 1.69. The Labute approximate surface area is 134 Å². The zero-order valence-electron chi connectivity index (χ0n) is 12.9. The number of piperidine rings is 1. The molecular weight excluding hydrogens is 292 g/mol. The van der Waals surface area contributed by atoms with Crippen molar-refractivity contribution in [3.05, 3.63) is 30.0 Å². The molecule has 0 atom stereocenters. The molecule has 2 N–H and O–H groups in total. The molecule has 2 amide bonds. The van der Waals surface area contributed by atoms with Crippen LogP contribution >= 0.6 is 0 Å². The largest absolute Gasteiger partial charge is 0.353 e. The number of aromatic amines is 1. The molecule has 1 aliphatic heterocycles. The fourth-order valence-corrected chi connectivity index (χ4v) is 3.21. The zero-order valence-corrected chi connectivity index (χ0v) is 12.9. The number of hydrogen-bond acceptors (Lipinski definition) is 3. The van der Waals surface area contributed by atoms with Gasteiger partial charge in [-0.15, -0.1) is 0 Å². The number of H-pyrrole nitrogens is 1. The molecule has 1 saturated heterocycles. The van der Waals surface area contributed by atoms with E-state index >= 15 is 0 Å². The lowest BCUT2D eigenvalue weighted by Gasteiger charge is -2.32. The Bertz CT molecular complexity index is 742. The first-order valence-electron chi connectivity index (χ1n) is 8.24. The van der Waals surface area contributed by atoms with Gasteiger partial charge in [0.2, 0.25) is 5.91 Å². The highest BCUT2D eigenvalue weighted by Gasteiger charge is 2.32. The lowest BCUT2D eigenvalue weighted by atomic mass is 10.0. The van der Waals surface area contributed by atoms with Gasteiger partial charge < -0.3 is 10.2 Å². The molecule has 2 heterocycles. The van der Waals surface area contributed by atoms with E-state index in [1.54, 1.807) is 6.20 Å². The van der Waals surface area contributed by atoms with Gasteiger partial charge in [-0.3, -0.25) is 14.7 Å². The average Bonchev–Trinajstić information content (AvgIpc) is 3.32. The van der Waals surface area contributed by atoms with Crippen LogP contribution in [0.25, 0.3) is 10.9 Å². The molecule has 2 aliphatic rings. The number of para-hydroxylation sites is 1. The maximum absolute atomic E-state index is 12.7. The van der Waals surface area contributed by atoms with Crippen LogP contribution in [-0.2, 0) is 4.79 Å². The number of nitrogens with one attached hydrogen (secondary N) is 2. The number of fused-ring (bicyclic) bond motifs is 1. The highest BCUT2D eigenvalue weighted by molar-refractivity contribution is 6.05. The van der Waals surface area contributed by atoms with E-state index in [0.29, 0.717) is 18.7 Å². The molecule has 1 aromatic heterocycles. The van der Waals surface area contributed by atoms with Gasteiger partial charge in [-0.1, -0.05) is 12.1 Å². The normalized spacial score (nSPS) is 19.0. The molecule has 6 nitrogen and oxygen atoms in total. The van der Waals surface area contributed by atoms with Crippen LogP contribution in [-0.4, -0.2) is 46.0 Å². The van der Waals surface area contributed by atoms with Crippen LogP contribution in [0.15, 0.2) is 24.4 Å². The molecule has 1 aromatic carbocycles. The van der Waals surface area contributed by atoms with E-state index in [-0.39, 0.29) is 23.8 Å². The molecule has 0 radical (unpaired) electrons. The topological polar surface area (TPSA) is 78.1 Å². The Balaban J connectivity index is 1.40. The van der Waals surface area contributed by atoms with Gasteiger partial charge in [0.15, 0.2) is 0 Å². The highest BCUT2D eigenvalue weighted by atomic mass is 16.2. The third kappa shape index (κ3) is 2.81. The second kappa shape index (κ2) is 5.68. The van der Waals surface area contributed by atoms with Gasteiger partial charge in [-0.25, -0.2) is 0 Å². The number of likely N-dealkylation sites (tertiary alicyclic amines) is 1. The second-order valence-corrected chi connectivity index (χ2v) is 6.49. The minimum Gasteiger partial charge on any atom is -0.353 e. The van der Waals surface area contributed by atoms with Gasteiger partial charge in [0.25, 0.3) is 5.91 Å². The van der Waals surface area contributed by atoms with Crippen LogP contribution in [0.2, 0.25) is 0 Å². The van der Waals surface area contributed by atoms with E-state index < -0.39 is 0 Å². The quantitative estimate of drug-likeness (QED) is 0.905. The standard InChI is InChI=1S/C17H20N4O2/c22-16(11-4-5-11)19-13-6-8-21(9-7-13)17(23)14-3-1-2-12-10-18-20-15(12)14/h1-3,10-11,13H,4-9H2,(H,18,20)(H,19,22). The van der Waals surface area contributed by atoms with Crippen molar-refractivity contribution in [2.24, 2.45) is 5.92 Å². The molecule has 6 heteroatoms. The lowest BCUT2D eigenvalue weighted by Crippen LogP contribution is -2.47. The molecule has 2 aromatic rings. The summed E-state index contributed by atoms with van der Waals surface area (Å²) < 4.78 is 0. The van der Waals surface area contributed by atoms with Crippen LogP contribution in [0, 0.1) is 5.92 Å². The molecule has 120 valence electrons. The van der Waals surface area contributed by atoms with E-state index in [1.807, 2.05) is 23.1 Å². The first-order valence-corrected chi connectivity index (χ1v) is 8.24. The first-order chi connectivity index (χ1) is 11.2. The Kier molecular flexibility index (Phi) is 3.52. The van der Waals surface area contributed by atoms with Crippen LogP contribution in [0.3, 0.4) is 0 Å². The van der Waals surface area contributed by atoms with Crippen molar-refractivity contribution in [1.82, 2.24) is 20.4 Å². The summed E-state index contributed by atoms with van der Waals surface area (Å²) in [5.41, 5.74) is 1.46. The fraction of sp³-hybridized carbons (Fsp3) is 0.471. The third-order valence-electron chi connectivity index (χ3n) is 4.78. The molecule has 0 unspecified atom stereocenters. The summed E-state index contributed by atoms with van der Waals surface area (Å²) in [6, 6.07) is 5.86. The summed E-state index contributed by atoms with van der Waals surface area (Å²) in [7, 11) is 0. The Hall–Kier alpha value is -2.37. The summed E-state index contributed by atoms with van der Waals surface area (Å²) in [4.78, 5) is 26.4. The average molecular weight is 312 g/mol. The molecule has 1 aliphatic carbocycles. The number of nitrogens with zero attached hydrogens (tertiary/aromatic N) is 2. The summed E-state index contributed by atoms with van der Waals surface area (Å²) in [6.07, 6.45) is 5.42. The number of hydrogen-bond donors (Lipinski definition) is 2. The SMILES string of the molecule is O=C(NC1CCN(C(=O)c2cccc3cn[nH]c23)CC1)C1CC1. The van der Waals surface area contributed by atoms with Crippen molar-refractivity contribution < 1.29 is 9.59 Å². The van der Waals surface area contributed by atoms with E-state index in [9.17, 15) is 9.59 Å². The van der Waals surface area contributed by atoms with E-state index in [0.717, 1.165) is 36.6 Å². The summed E-state index contributed by atoms with van der Waals surface area (Å²) in [6.45, 7) is 1.36. The van der Waals surface area contributed by atoms with Gasteiger partial charge in [0.1, 0.15) is 0 Å². The molecule has 1 saturated carbocycles. The first kappa shape index (κ1) is 14.2. The van der Waals surface area contributed by atoms with Crippen LogP contribution in [0.4, 0.5) is 0 Å². The zero-order chi connectivity index (χ0) is 15.8. The summed E-state index contributed by atoms with van der Waals surface area (Å²) in [5.74, 6) is 0.469. The molecular formula is C17H20N4O2. The third-order valence-corrected chi connectivity index (χ3v) is 4.78. The smallest absolute Gasteiger partial charge is 0.256 e. The van der Waals surface area contributed by atoms with Crippen molar-refractivity contribution in [1.29, 1.82) is 0 Å². The lowest BCUT2D eigenvalue weighted by molar-refractivity contribution is -0.123. The van der Waals surface area contributed by atoms with Crippen molar-refractivity contribution >= 4 is 22.7 Å². The number of carbonyl (C=O) groups is 2. The van der Waals surface area contributed by atoms with Gasteiger partial charge in [-0.05, 0) is 31.7 Å². The molecule has 4 rings (SSSR count). The molecule has 23 heavy (non-hydrogen) atoms. The van der Waals surface area contributed by atoms with Crippen LogP contribution < -0.4 is 5.32 Å². The minimum absolute atomic E-state index is 0.0341. The van der Waals surface area contributed by atoms with E-state index in [2.05, 4.69) is 15.5 Å². The summed E-state index contributed by atoms with van der Waals surface area (Å²) in [5, 5.41) is 11.0. The Morgan fingerprint density at radius 3 is 2.70 bits per heavy atom. The number of rotatable bonds is 3. The second-order valence-electron chi connectivity index (χ2n) is 6.49. The van der Waals surface area contributed by atoms with Crippen molar-refractivity contribution in [3.8, 4) is 0 Å². The predicted molar refractivity (Wildman–Crippen MR) is 85.9 cm³/mol. The maximum Gasteiger partial charge on any atom is 0.256 e. The van der Waals surface area contributed by atoms with Gasteiger partial charge in [0.05, 0.1) is 17.3 Å². The van der Waals surface area contributed by atoms with Crippen molar-refractivity contribution in [2.45, 2.75) is 31.7 Å². The molecule has 0 bridgehead atoms. The van der Waals surface area contributed by atoms with Crippen LogP contribution in [0.5, 0.6) is 0 Å². The van der Waals surface area contributed by atoms with Crippen molar-refractivity contribution in [2.75, 3.05) is 13.1 Å². The monoisotopic (exact) mass is 312 g/mol. The number of amides is 2.